The number of amides is 1. The monoisotopic (exact) mass is 380 g/mol. The smallest absolute Gasteiger partial charge is 0.416 e. The molecule has 0 aromatic heterocycles. The van der Waals surface area contributed by atoms with Gasteiger partial charge in [0.1, 0.15) is 5.75 Å². The highest BCUT2D eigenvalue weighted by Crippen LogP contribution is 2.29. The molecule has 0 saturated carbocycles. The first-order valence-corrected chi connectivity index (χ1v) is 8.52. The summed E-state index contributed by atoms with van der Waals surface area (Å²) in [5.74, 6) is 0.658. The lowest BCUT2D eigenvalue weighted by Crippen LogP contribution is -2.35. The van der Waals surface area contributed by atoms with Crippen molar-refractivity contribution in [2.24, 2.45) is 0 Å². The van der Waals surface area contributed by atoms with Crippen LogP contribution >= 0.6 is 0 Å². The topological polar surface area (TPSA) is 41.6 Å². The Hall–Kier alpha value is -2.54. The third-order valence-electron chi connectivity index (χ3n) is 4.04. The van der Waals surface area contributed by atoms with E-state index in [-0.39, 0.29) is 12.5 Å². The van der Waals surface area contributed by atoms with Crippen molar-refractivity contribution in [2.45, 2.75) is 19.1 Å². The van der Waals surface area contributed by atoms with Gasteiger partial charge in [0.2, 0.25) is 5.91 Å². The second-order valence-electron chi connectivity index (χ2n) is 6.32. The van der Waals surface area contributed by atoms with Crippen LogP contribution in [0.4, 0.5) is 13.2 Å². The average molecular weight is 380 g/mol. The maximum absolute atomic E-state index is 12.6. The summed E-state index contributed by atoms with van der Waals surface area (Å²) in [4.78, 5) is 13.8. The number of carbonyl (C=O) groups excluding carboxylic acids is 1. The maximum atomic E-state index is 12.6. The zero-order valence-electron chi connectivity index (χ0n) is 15.3. The molecule has 0 aliphatic carbocycles. The number of ether oxygens (including phenoxy) is 1. The number of halogens is 3. The third kappa shape index (κ3) is 6.94. The molecule has 0 fully saturated rings. The van der Waals surface area contributed by atoms with Crippen LogP contribution in [0.5, 0.6) is 5.75 Å². The van der Waals surface area contributed by atoms with Gasteiger partial charge >= 0.3 is 6.18 Å². The van der Waals surface area contributed by atoms with E-state index >= 15 is 0 Å². The van der Waals surface area contributed by atoms with Gasteiger partial charge in [-0.15, -0.1) is 0 Å². The maximum Gasteiger partial charge on any atom is 0.416 e. The van der Waals surface area contributed by atoms with Gasteiger partial charge in [-0.2, -0.15) is 13.2 Å². The number of hydrogen-bond donors (Lipinski definition) is 1. The third-order valence-corrected chi connectivity index (χ3v) is 4.04. The molecule has 2 aromatic rings. The van der Waals surface area contributed by atoms with Gasteiger partial charge in [-0.1, -0.05) is 24.3 Å². The SMILES string of the molecule is COc1ccc(CCNC(=O)CN(C)Cc2ccc(C(F)(F)F)cc2)cc1. The number of methoxy groups -OCH3 is 1. The fraction of sp³-hybridized carbons (Fsp3) is 0.350. The lowest BCUT2D eigenvalue weighted by atomic mass is 10.1. The zero-order valence-corrected chi connectivity index (χ0v) is 15.3. The Balaban J connectivity index is 1.73. The highest BCUT2D eigenvalue weighted by molar-refractivity contribution is 5.77. The van der Waals surface area contributed by atoms with Crippen LogP contribution in [0.1, 0.15) is 16.7 Å². The van der Waals surface area contributed by atoms with E-state index < -0.39 is 11.7 Å². The number of nitrogens with one attached hydrogen (secondary N) is 1. The molecule has 0 unspecified atom stereocenters. The molecule has 0 saturated heterocycles. The van der Waals surface area contributed by atoms with E-state index in [1.165, 1.54) is 12.1 Å². The molecule has 0 spiro atoms. The van der Waals surface area contributed by atoms with Gasteiger partial charge in [-0.25, -0.2) is 0 Å². The van der Waals surface area contributed by atoms with Crippen LogP contribution in [0, 0.1) is 0 Å². The van der Waals surface area contributed by atoms with E-state index in [0.717, 1.165) is 29.0 Å². The second kappa shape index (κ2) is 9.41. The molecule has 4 nitrogen and oxygen atoms in total. The molecule has 0 radical (unpaired) electrons. The molecule has 0 atom stereocenters. The number of benzene rings is 2. The Morgan fingerprint density at radius 3 is 2.19 bits per heavy atom. The second-order valence-corrected chi connectivity index (χ2v) is 6.32. The standard InChI is InChI=1S/C20H23F3N2O2/c1-25(13-16-3-7-17(8-4-16)20(21,22)23)14-19(26)24-12-11-15-5-9-18(27-2)10-6-15/h3-10H,11-14H2,1-2H3,(H,24,26). The summed E-state index contributed by atoms with van der Waals surface area (Å²) in [7, 11) is 3.36. The van der Waals surface area contributed by atoms with Crippen molar-refractivity contribution in [2.75, 3.05) is 27.2 Å². The van der Waals surface area contributed by atoms with Gasteiger partial charge in [0.15, 0.2) is 0 Å². The van der Waals surface area contributed by atoms with Gasteiger partial charge in [-0.3, -0.25) is 9.69 Å². The van der Waals surface area contributed by atoms with E-state index in [4.69, 9.17) is 4.74 Å². The number of hydrogen-bond acceptors (Lipinski definition) is 3. The molecule has 0 heterocycles. The van der Waals surface area contributed by atoms with Crippen LogP contribution < -0.4 is 10.1 Å². The molecule has 0 aliphatic heterocycles. The van der Waals surface area contributed by atoms with Gasteiger partial charge in [0, 0.05) is 13.1 Å². The molecular weight excluding hydrogens is 357 g/mol. The Morgan fingerprint density at radius 1 is 1.04 bits per heavy atom. The number of rotatable bonds is 8. The lowest BCUT2D eigenvalue weighted by molar-refractivity contribution is -0.137. The largest absolute Gasteiger partial charge is 0.497 e. The first-order chi connectivity index (χ1) is 12.8. The zero-order chi connectivity index (χ0) is 19.9. The van der Waals surface area contributed by atoms with Gasteiger partial charge in [0.05, 0.1) is 19.2 Å². The first-order valence-electron chi connectivity index (χ1n) is 8.52. The molecule has 1 N–H and O–H groups in total. The van der Waals surface area contributed by atoms with Crippen LogP contribution in [-0.4, -0.2) is 38.1 Å². The summed E-state index contributed by atoms with van der Waals surface area (Å²) in [6.07, 6.45) is -3.63. The highest BCUT2D eigenvalue weighted by Gasteiger charge is 2.29. The van der Waals surface area contributed by atoms with E-state index in [1.807, 2.05) is 24.3 Å². The molecule has 27 heavy (non-hydrogen) atoms. The summed E-state index contributed by atoms with van der Waals surface area (Å²) >= 11 is 0. The quantitative estimate of drug-likeness (QED) is 0.762. The van der Waals surface area contributed by atoms with E-state index in [1.54, 1.807) is 19.1 Å². The summed E-state index contributed by atoms with van der Waals surface area (Å²) in [6, 6.07) is 12.6. The predicted octanol–water partition coefficient (Wildman–Crippen LogP) is 3.50. The summed E-state index contributed by atoms with van der Waals surface area (Å²) in [5, 5.41) is 2.84. The molecule has 2 aromatic carbocycles. The van der Waals surface area contributed by atoms with Crippen molar-refractivity contribution in [3.05, 3.63) is 65.2 Å². The first kappa shape index (κ1) is 20.8. The van der Waals surface area contributed by atoms with Crippen LogP contribution in [0.15, 0.2) is 48.5 Å². The van der Waals surface area contributed by atoms with E-state index in [2.05, 4.69) is 5.32 Å². The van der Waals surface area contributed by atoms with Crippen molar-refractivity contribution in [1.82, 2.24) is 10.2 Å². The van der Waals surface area contributed by atoms with Crippen LogP contribution in [-0.2, 0) is 23.9 Å². The summed E-state index contributed by atoms with van der Waals surface area (Å²) < 4.78 is 42.8. The van der Waals surface area contributed by atoms with Gasteiger partial charge in [-0.05, 0) is 48.9 Å². The van der Waals surface area contributed by atoms with Gasteiger partial charge < -0.3 is 10.1 Å². The minimum Gasteiger partial charge on any atom is -0.497 e. The fourth-order valence-corrected chi connectivity index (χ4v) is 2.61. The fourth-order valence-electron chi connectivity index (χ4n) is 2.61. The molecular formula is C20H23F3N2O2. The molecule has 0 bridgehead atoms. The molecule has 146 valence electrons. The van der Waals surface area contributed by atoms with Crippen molar-refractivity contribution >= 4 is 5.91 Å². The molecule has 7 heteroatoms. The Bertz CT molecular complexity index is 728. The predicted molar refractivity (Wildman–Crippen MR) is 97.5 cm³/mol. The normalized spacial score (nSPS) is 11.5. The number of carbonyl (C=O) groups is 1. The van der Waals surface area contributed by atoms with Crippen LogP contribution in [0.3, 0.4) is 0 Å². The average Bonchev–Trinajstić information content (AvgIpc) is 2.62. The van der Waals surface area contributed by atoms with Crippen molar-refractivity contribution in [1.29, 1.82) is 0 Å². The van der Waals surface area contributed by atoms with Crippen molar-refractivity contribution in [3.8, 4) is 5.75 Å². The minimum absolute atomic E-state index is 0.127. The molecule has 0 aliphatic rings. The number of alkyl halides is 3. The number of likely N-dealkylation sites (N-methyl/N-ethyl adjacent to an activating group) is 1. The summed E-state index contributed by atoms with van der Waals surface area (Å²) in [6.45, 7) is 1.08. The molecule has 1 amide bonds. The van der Waals surface area contributed by atoms with E-state index in [0.29, 0.717) is 19.5 Å². The van der Waals surface area contributed by atoms with Crippen LogP contribution in [0.2, 0.25) is 0 Å². The Labute approximate surface area is 156 Å². The van der Waals surface area contributed by atoms with E-state index in [9.17, 15) is 18.0 Å². The van der Waals surface area contributed by atoms with Crippen LogP contribution in [0.25, 0.3) is 0 Å². The Kier molecular flexibility index (Phi) is 7.24. The minimum atomic E-state index is -4.34. The Morgan fingerprint density at radius 2 is 1.63 bits per heavy atom. The summed E-state index contributed by atoms with van der Waals surface area (Å²) in [5.41, 5.74) is 1.14. The van der Waals surface area contributed by atoms with Crippen molar-refractivity contribution in [3.63, 3.8) is 0 Å². The number of nitrogens with zero attached hydrogens (tertiary/aromatic N) is 1. The molecule has 2 rings (SSSR count). The highest BCUT2D eigenvalue weighted by atomic mass is 19.4. The van der Waals surface area contributed by atoms with Gasteiger partial charge in [0.25, 0.3) is 0 Å². The lowest BCUT2D eigenvalue weighted by Gasteiger charge is -2.17. The van der Waals surface area contributed by atoms with Crippen molar-refractivity contribution < 1.29 is 22.7 Å².